The molecule has 4 heteroatoms. The molecular formula is C26H38N2O2. The van der Waals surface area contributed by atoms with Gasteiger partial charge in [0.25, 0.3) is 0 Å². The van der Waals surface area contributed by atoms with Crippen molar-refractivity contribution in [3.63, 3.8) is 0 Å². The van der Waals surface area contributed by atoms with E-state index >= 15 is 0 Å². The highest BCUT2D eigenvalue weighted by molar-refractivity contribution is 5.46. The van der Waals surface area contributed by atoms with Gasteiger partial charge in [-0.1, -0.05) is 37.3 Å². The van der Waals surface area contributed by atoms with Crippen molar-refractivity contribution in [1.82, 2.24) is 5.32 Å². The highest BCUT2D eigenvalue weighted by Gasteiger charge is 2.44. The lowest BCUT2D eigenvalue weighted by Gasteiger charge is -2.47. The van der Waals surface area contributed by atoms with E-state index in [1.807, 2.05) is 0 Å². The maximum Gasteiger partial charge on any atom is 0.122 e. The Hall–Kier alpha value is -2.04. The second-order valence-electron chi connectivity index (χ2n) is 9.05. The van der Waals surface area contributed by atoms with Crippen molar-refractivity contribution in [2.45, 2.75) is 57.1 Å². The van der Waals surface area contributed by atoms with Crippen LogP contribution in [-0.4, -0.2) is 40.0 Å². The van der Waals surface area contributed by atoms with Gasteiger partial charge in [-0.05, 0) is 62.9 Å². The molecule has 2 aromatic rings. The van der Waals surface area contributed by atoms with Gasteiger partial charge >= 0.3 is 0 Å². The first-order valence-corrected chi connectivity index (χ1v) is 11.2. The number of hydrogen-bond acceptors (Lipinski definition) is 4. The molecule has 1 saturated heterocycles. The van der Waals surface area contributed by atoms with Crippen LogP contribution in [0, 0.1) is 0 Å². The molecule has 1 aliphatic rings. The number of rotatable bonds is 9. The second-order valence-corrected chi connectivity index (χ2v) is 9.05. The van der Waals surface area contributed by atoms with Crippen LogP contribution < -0.4 is 15.0 Å². The fourth-order valence-corrected chi connectivity index (χ4v) is 4.71. The number of ether oxygens (including phenoxy) is 2. The van der Waals surface area contributed by atoms with E-state index < -0.39 is 0 Å². The monoisotopic (exact) mass is 410 g/mol. The van der Waals surface area contributed by atoms with E-state index in [0.29, 0.717) is 0 Å². The topological polar surface area (TPSA) is 33.7 Å². The Labute approximate surface area is 182 Å². The van der Waals surface area contributed by atoms with Crippen LogP contribution >= 0.6 is 0 Å². The van der Waals surface area contributed by atoms with Gasteiger partial charge in [0.1, 0.15) is 5.75 Å². The third-order valence-electron chi connectivity index (χ3n) is 6.73. The number of nitrogens with zero attached hydrogens (tertiary/aromatic N) is 1. The number of hydrogen-bond donors (Lipinski definition) is 1. The van der Waals surface area contributed by atoms with Crippen LogP contribution in [0.2, 0.25) is 0 Å². The largest absolute Gasteiger partial charge is 0.496 e. The number of benzene rings is 2. The van der Waals surface area contributed by atoms with Gasteiger partial charge in [0, 0.05) is 43.9 Å². The minimum absolute atomic E-state index is 0.0669. The van der Waals surface area contributed by atoms with Crippen molar-refractivity contribution in [3.8, 4) is 5.75 Å². The van der Waals surface area contributed by atoms with Crippen molar-refractivity contribution in [3.05, 3.63) is 59.7 Å². The van der Waals surface area contributed by atoms with Crippen LogP contribution in [0.25, 0.3) is 0 Å². The summed E-state index contributed by atoms with van der Waals surface area (Å²) < 4.78 is 12.0. The van der Waals surface area contributed by atoms with E-state index in [1.54, 1.807) is 7.11 Å². The van der Waals surface area contributed by atoms with Gasteiger partial charge in [-0.2, -0.15) is 0 Å². The van der Waals surface area contributed by atoms with Crippen molar-refractivity contribution < 1.29 is 9.47 Å². The summed E-state index contributed by atoms with van der Waals surface area (Å²) in [6.45, 7) is 7.14. The summed E-state index contributed by atoms with van der Waals surface area (Å²) in [5.41, 5.74) is 3.86. The summed E-state index contributed by atoms with van der Waals surface area (Å²) in [7, 11) is 5.92. The quantitative estimate of drug-likeness (QED) is 0.579. The molecule has 0 bridgehead atoms. The number of anilines is 1. The lowest BCUT2D eigenvalue weighted by Crippen LogP contribution is -2.46. The van der Waals surface area contributed by atoms with E-state index in [0.717, 1.165) is 51.1 Å². The predicted molar refractivity (Wildman–Crippen MR) is 126 cm³/mol. The van der Waals surface area contributed by atoms with Crippen LogP contribution in [0.4, 0.5) is 5.69 Å². The molecule has 1 fully saturated rings. The highest BCUT2D eigenvalue weighted by Crippen LogP contribution is 2.47. The minimum atomic E-state index is -0.0822. The average Bonchev–Trinajstić information content (AvgIpc) is 2.77. The number of methoxy groups -OCH3 is 1. The summed E-state index contributed by atoms with van der Waals surface area (Å²) in [5.74, 6) is 0.997. The summed E-state index contributed by atoms with van der Waals surface area (Å²) in [4.78, 5) is 2.13. The standard InChI is InChI=1S/C26H38N2O2/c1-6-25(2)20-26(16-18-30-25,23-9-7-8-10-24(23)29-5)15-17-27-19-21-11-13-22(14-12-21)28(3)4/h7-14,27H,6,15-20H2,1-5H3/t25-,26+/m1/s1. The van der Waals surface area contributed by atoms with Gasteiger partial charge in [-0.15, -0.1) is 0 Å². The Bertz CT molecular complexity index is 805. The van der Waals surface area contributed by atoms with Crippen LogP contribution in [0.15, 0.2) is 48.5 Å². The average molecular weight is 411 g/mol. The van der Waals surface area contributed by atoms with Crippen LogP contribution in [0.5, 0.6) is 5.75 Å². The van der Waals surface area contributed by atoms with Crippen molar-refractivity contribution in [2.75, 3.05) is 39.3 Å². The molecule has 3 rings (SSSR count). The summed E-state index contributed by atoms with van der Waals surface area (Å²) >= 11 is 0. The molecule has 0 spiro atoms. The molecule has 1 N–H and O–H groups in total. The Kier molecular flexibility index (Phi) is 7.43. The summed E-state index contributed by atoms with van der Waals surface area (Å²) in [6, 6.07) is 17.3. The first kappa shape index (κ1) is 22.6. The SMILES string of the molecule is CC[C@]1(C)C[C@@](CCNCc2ccc(N(C)C)cc2)(c2ccccc2OC)CCO1. The third kappa shape index (κ3) is 5.16. The summed E-state index contributed by atoms with van der Waals surface area (Å²) in [5, 5.41) is 3.68. The second kappa shape index (κ2) is 9.84. The van der Waals surface area contributed by atoms with E-state index in [1.165, 1.54) is 16.8 Å². The van der Waals surface area contributed by atoms with E-state index in [4.69, 9.17) is 9.47 Å². The lowest BCUT2D eigenvalue weighted by molar-refractivity contribution is -0.0982. The molecule has 30 heavy (non-hydrogen) atoms. The van der Waals surface area contributed by atoms with Gasteiger partial charge in [-0.25, -0.2) is 0 Å². The molecule has 0 saturated carbocycles. The fourth-order valence-electron chi connectivity index (χ4n) is 4.71. The summed E-state index contributed by atoms with van der Waals surface area (Å²) in [6.07, 6.45) is 4.15. The molecule has 0 amide bonds. The van der Waals surface area contributed by atoms with Gasteiger partial charge in [0.2, 0.25) is 0 Å². The predicted octanol–water partition coefficient (Wildman–Crippen LogP) is 5.16. The van der Waals surface area contributed by atoms with Crippen molar-refractivity contribution in [1.29, 1.82) is 0 Å². The zero-order valence-electron chi connectivity index (χ0n) is 19.3. The molecule has 2 atom stereocenters. The lowest BCUT2D eigenvalue weighted by atomic mass is 9.66. The molecule has 4 nitrogen and oxygen atoms in total. The molecule has 0 unspecified atom stereocenters. The molecule has 0 radical (unpaired) electrons. The molecular weight excluding hydrogens is 372 g/mol. The fraction of sp³-hybridized carbons (Fsp3) is 0.538. The van der Waals surface area contributed by atoms with E-state index in [2.05, 4.69) is 86.7 Å². The van der Waals surface area contributed by atoms with Gasteiger partial charge in [0.05, 0.1) is 12.7 Å². The smallest absolute Gasteiger partial charge is 0.122 e. The molecule has 164 valence electrons. The normalized spacial score (nSPS) is 23.9. The van der Waals surface area contributed by atoms with Crippen molar-refractivity contribution >= 4 is 5.69 Å². The van der Waals surface area contributed by atoms with E-state index in [-0.39, 0.29) is 11.0 Å². The maximum absolute atomic E-state index is 6.21. The number of nitrogens with one attached hydrogen (secondary N) is 1. The first-order chi connectivity index (χ1) is 14.4. The zero-order valence-corrected chi connectivity index (χ0v) is 19.3. The van der Waals surface area contributed by atoms with Crippen molar-refractivity contribution in [2.24, 2.45) is 0 Å². The Morgan fingerprint density at radius 2 is 1.83 bits per heavy atom. The molecule has 0 aromatic heterocycles. The van der Waals surface area contributed by atoms with Gasteiger partial charge in [0.15, 0.2) is 0 Å². The Morgan fingerprint density at radius 1 is 1.10 bits per heavy atom. The number of para-hydroxylation sites is 1. The molecule has 0 aliphatic carbocycles. The Balaban J connectivity index is 1.72. The molecule has 1 aliphatic heterocycles. The minimum Gasteiger partial charge on any atom is -0.496 e. The zero-order chi connectivity index (χ0) is 21.6. The van der Waals surface area contributed by atoms with Gasteiger partial charge in [-0.3, -0.25) is 0 Å². The molecule has 1 heterocycles. The first-order valence-electron chi connectivity index (χ1n) is 11.2. The highest BCUT2D eigenvalue weighted by atomic mass is 16.5. The third-order valence-corrected chi connectivity index (χ3v) is 6.73. The van der Waals surface area contributed by atoms with Gasteiger partial charge < -0.3 is 19.7 Å². The van der Waals surface area contributed by atoms with Crippen LogP contribution in [0.1, 0.15) is 50.7 Å². The maximum atomic E-state index is 6.21. The van der Waals surface area contributed by atoms with E-state index in [9.17, 15) is 0 Å². The van der Waals surface area contributed by atoms with Crippen LogP contribution in [-0.2, 0) is 16.7 Å². The molecule has 2 aromatic carbocycles. The Morgan fingerprint density at radius 3 is 2.50 bits per heavy atom. The van der Waals surface area contributed by atoms with Crippen LogP contribution in [0.3, 0.4) is 0 Å².